The second-order valence-electron chi connectivity index (χ2n) is 3.89. The Hall–Kier alpha value is -0.480. The molecule has 1 rings (SSSR count). The smallest absolute Gasteiger partial charge is 0.144 e. The summed E-state index contributed by atoms with van der Waals surface area (Å²) in [5, 5.41) is 3.11. The lowest BCUT2D eigenvalue weighted by Gasteiger charge is -2.13. The topological polar surface area (TPSA) is 12.0 Å². The van der Waals surface area contributed by atoms with Gasteiger partial charge in [-0.3, -0.25) is 0 Å². The van der Waals surface area contributed by atoms with Gasteiger partial charge in [0.25, 0.3) is 0 Å². The average Bonchev–Trinajstić information content (AvgIpc) is 2.24. The third-order valence-corrected chi connectivity index (χ3v) is 3.10. The van der Waals surface area contributed by atoms with Crippen LogP contribution in [-0.4, -0.2) is 6.04 Å². The minimum absolute atomic E-state index is 0.0947. The maximum atomic E-state index is 13.6. The number of rotatable bonds is 5. The van der Waals surface area contributed by atoms with E-state index in [1.807, 2.05) is 6.92 Å². The molecule has 4 heteroatoms. The van der Waals surface area contributed by atoms with Crippen molar-refractivity contribution < 1.29 is 8.78 Å². The van der Waals surface area contributed by atoms with Gasteiger partial charge in [0, 0.05) is 18.2 Å². The Morgan fingerprint density at radius 1 is 1.38 bits per heavy atom. The van der Waals surface area contributed by atoms with Gasteiger partial charge in [-0.2, -0.15) is 0 Å². The van der Waals surface area contributed by atoms with E-state index in [9.17, 15) is 8.78 Å². The van der Waals surface area contributed by atoms with Crippen molar-refractivity contribution in [3.05, 3.63) is 33.8 Å². The van der Waals surface area contributed by atoms with Gasteiger partial charge in [0.1, 0.15) is 11.6 Å². The van der Waals surface area contributed by atoms with Crippen molar-refractivity contribution in [3.8, 4) is 0 Å². The number of halogens is 3. The number of benzene rings is 1. The first kappa shape index (κ1) is 13.6. The quantitative estimate of drug-likeness (QED) is 0.809. The molecule has 16 heavy (non-hydrogen) atoms. The molecule has 0 saturated heterocycles. The highest BCUT2D eigenvalue weighted by molar-refractivity contribution is 9.10. The highest BCUT2D eigenvalue weighted by Gasteiger charge is 2.12. The minimum atomic E-state index is -0.517. The standard InChI is InChI=1S/C12H16BrF2N/c1-3-4-8(2)16-7-9-11(14)6-5-10(13)12(9)15/h5-6,8,16H,3-4,7H2,1-2H3. The molecule has 0 saturated carbocycles. The van der Waals surface area contributed by atoms with Crippen LogP contribution in [0.4, 0.5) is 8.78 Å². The zero-order valence-corrected chi connectivity index (χ0v) is 11.1. The highest BCUT2D eigenvalue weighted by atomic mass is 79.9. The lowest BCUT2D eigenvalue weighted by Crippen LogP contribution is -2.26. The van der Waals surface area contributed by atoms with Crippen molar-refractivity contribution in [1.82, 2.24) is 5.32 Å². The molecule has 1 N–H and O–H groups in total. The maximum absolute atomic E-state index is 13.6. The molecule has 0 radical (unpaired) electrons. The van der Waals surface area contributed by atoms with E-state index in [1.165, 1.54) is 12.1 Å². The van der Waals surface area contributed by atoms with Gasteiger partial charge < -0.3 is 5.32 Å². The zero-order valence-electron chi connectivity index (χ0n) is 9.49. The third kappa shape index (κ3) is 3.52. The van der Waals surface area contributed by atoms with E-state index in [-0.39, 0.29) is 18.2 Å². The van der Waals surface area contributed by atoms with Gasteiger partial charge in [-0.1, -0.05) is 13.3 Å². The molecule has 1 aromatic rings. The monoisotopic (exact) mass is 291 g/mol. The molecule has 0 aliphatic rings. The van der Waals surface area contributed by atoms with Crippen LogP contribution in [0, 0.1) is 11.6 Å². The van der Waals surface area contributed by atoms with E-state index in [4.69, 9.17) is 0 Å². The average molecular weight is 292 g/mol. The largest absolute Gasteiger partial charge is 0.310 e. The minimum Gasteiger partial charge on any atom is -0.310 e. The molecule has 1 unspecified atom stereocenters. The molecule has 0 aromatic heterocycles. The Morgan fingerprint density at radius 2 is 2.06 bits per heavy atom. The van der Waals surface area contributed by atoms with Gasteiger partial charge in [0.2, 0.25) is 0 Å². The Kier molecular flexibility index (Phi) is 5.35. The van der Waals surface area contributed by atoms with Crippen LogP contribution in [-0.2, 0) is 6.54 Å². The lowest BCUT2D eigenvalue weighted by molar-refractivity contribution is 0.477. The fourth-order valence-corrected chi connectivity index (χ4v) is 1.91. The Bertz CT molecular complexity index is 355. The number of nitrogens with one attached hydrogen (secondary N) is 1. The molecule has 0 spiro atoms. The first-order valence-electron chi connectivity index (χ1n) is 5.42. The molecule has 0 aliphatic carbocycles. The normalized spacial score (nSPS) is 12.8. The van der Waals surface area contributed by atoms with Gasteiger partial charge in [-0.15, -0.1) is 0 Å². The summed E-state index contributed by atoms with van der Waals surface area (Å²) in [6.07, 6.45) is 2.05. The molecule has 0 fully saturated rings. The molecule has 0 bridgehead atoms. The summed E-state index contributed by atoms with van der Waals surface area (Å²) < 4.78 is 27.2. The van der Waals surface area contributed by atoms with Crippen LogP contribution >= 0.6 is 15.9 Å². The summed E-state index contributed by atoms with van der Waals surface area (Å²) in [5.41, 5.74) is 0.0947. The Balaban J connectivity index is 2.70. The first-order valence-corrected chi connectivity index (χ1v) is 6.21. The first-order chi connectivity index (χ1) is 7.56. The van der Waals surface area contributed by atoms with Gasteiger partial charge >= 0.3 is 0 Å². The summed E-state index contributed by atoms with van der Waals surface area (Å²) in [5.74, 6) is -1.02. The van der Waals surface area contributed by atoms with Crippen LogP contribution in [0.15, 0.2) is 16.6 Å². The number of hydrogen-bond donors (Lipinski definition) is 1. The van der Waals surface area contributed by atoms with Crippen molar-refractivity contribution in [2.45, 2.75) is 39.3 Å². The van der Waals surface area contributed by atoms with Crippen molar-refractivity contribution in [3.63, 3.8) is 0 Å². The van der Waals surface area contributed by atoms with Crippen molar-refractivity contribution in [2.75, 3.05) is 0 Å². The van der Waals surface area contributed by atoms with Crippen LogP contribution < -0.4 is 5.32 Å². The summed E-state index contributed by atoms with van der Waals surface area (Å²) in [7, 11) is 0. The molecule has 0 aliphatic heterocycles. The summed E-state index contributed by atoms with van der Waals surface area (Å²) in [6, 6.07) is 2.92. The predicted molar refractivity (Wildman–Crippen MR) is 65.3 cm³/mol. The maximum Gasteiger partial charge on any atom is 0.144 e. The van der Waals surface area contributed by atoms with E-state index >= 15 is 0 Å². The van der Waals surface area contributed by atoms with Crippen molar-refractivity contribution >= 4 is 15.9 Å². The molecule has 1 aromatic carbocycles. The van der Waals surface area contributed by atoms with E-state index in [0.29, 0.717) is 4.47 Å². The SMILES string of the molecule is CCCC(C)NCc1c(F)ccc(Br)c1F. The molecular weight excluding hydrogens is 276 g/mol. The third-order valence-electron chi connectivity index (χ3n) is 2.49. The summed E-state index contributed by atoms with van der Waals surface area (Å²) in [6.45, 7) is 4.31. The van der Waals surface area contributed by atoms with Crippen LogP contribution in [0.2, 0.25) is 0 Å². The van der Waals surface area contributed by atoms with E-state index in [1.54, 1.807) is 0 Å². The van der Waals surface area contributed by atoms with E-state index in [0.717, 1.165) is 12.8 Å². The molecule has 0 heterocycles. The lowest BCUT2D eigenvalue weighted by atomic mass is 10.1. The van der Waals surface area contributed by atoms with Gasteiger partial charge in [0.05, 0.1) is 4.47 Å². The number of hydrogen-bond acceptors (Lipinski definition) is 1. The second kappa shape index (κ2) is 6.30. The van der Waals surface area contributed by atoms with Gasteiger partial charge in [0.15, 0.2) is 0 Å². The van der Waals surface area contributed by atoms with E-state index < -0.39 is 11.6 Å². The fraction of sp³-hybridized carbons (Fsp3) is 0.500. The molecule has 90 valence electrons. The van der Waals surface area contributed by atoms with Gasteiger partial charge in [-0.25, -0.2) is 8.78 Å². The van der Waals surface area contributed by atoms with Crippen molar-refractivity contribution in [2.24, 2.45) is 0 Å². The fourth-order valence-electron chi connectivity index (χ4n) is 1.54. The predicted octanol–water partition coefficient (Wildman–Crippen LogP) is 4.01. The molecular formula is C12H16BrF2N. The van der Waals surface area contributed by atoms with Crippen LogP contribution in [0.5, 0.6) is 0 Å². The Labute approximate surface area is 103 Å². The Morgan fingerprint density at radius 3 is 2.69 bits per heavy atom. The highest BCUT2D eigenvalue weighted by Crippen LogP contribution is 2.21. The van der Waals surface area contributed by atoms with E-state index in [2.05, 4.69) is 28.2 Å². The van der Waals surface area contributed by atoms with Crippen LogP contribution in [0.25, 0.3) is 0 Å². The zero-order chi connectivity index (χ0) is 12.1. The second-order valence-corrected chi connectivity index (χ2v) is 4.75. The molecule has 1 nitrogen and oxygen atoms in total. The summed E-state index contributed by atoms with van der Waals surface area (Å²) in [4.78, 5) is 0. The molecule has 1 atom stereocenters. The molecule has 0 amide bonds. The summed E-state index contributed by atoms with van der Waals surface area (Å²) >= 11 is 3.05. The van der Waals surface area contributed by atoms with Crippen molar-refractivity contribution in [1.29, 1.82) is 0 Å². The van der Waals surface area contributed by atoms with Crippen LogP contribution in [0.1, 0.15) is 32.3 Å². The van der Waals surface area contributed by atoms with Gasteiger partial charge in [-0.05, 0) is 41.4 Å². The van der Waals surface area contributed by atoms with Crippen LogP contribution in [0.3, 0.4) is 0 Å².